The van der Waals surface area contributed by atoms with E-state index in [4.69, 9.17) is 0 Å². The molecule has 1 atom stereocenters. The van der Waals surface area contributed by atoms with Crippen LogP contribution in [0.1, 0.15) is 18.5 Å². The molecular formula is C13H14N2O2S. The molecule has 1 aromatic heterocycles. The Balaban J connectivity index is 1.81. The third kappa shape index (κ3) is 1.82. The van der Waals surface area contributed by atoms with Crippen LogP contribution in [0.4, 0.5) is 0 Å². The third-order valence-corrected chi connectivity index (χ3v) is 4.89. The van der Waals surface area contributed by atoms with Crippen LogP contribution in [-0.4, -0.2) is 33.2 Å². The van der Waals surface area contributed by atoms with Crippen LogP contribution in [0.15, 0.2) is 24.4 Å². The van der Waals surface area contributed by atoms with Crippen LogP contribution in [0.2, 0.25) is 0 Å². The topological polar surface area (TPSA) is 50.3 Å². The summed E-state index contributed by atoms with van der Waals surface area (Å²) in [5, 5.41) is 0. The molecule has 0 aromatic carbocycles. The highest BCUT2D eigenvalue weighted by atomic mass is 32.2. The first-order valence-electron chi connectivity index (χ1n) is 6.04. The molecule has 2 aliphatic heterocycles. The molecule has 1 spiro atoms. The Morgan fingerprint density at radius 2 is 2.28 bits per heavy atom. The fraction of sp³-hybridized carbons (Fsp3) is 0.462. The molecule has 18 heavy (non-hydrogen) atoms. The summed E-state index contributed by atoms with van der Waals surface area (Å²) < 4.78 is 0. The van der Waals surface area contributed by atoms with Gasteiger partial charge in [0, 0.05) is 18.4 Å². The van der Waals surface area contributed by atoms with Crippen LogP contribution in [0.25, 0.3) is 0 Å². The number of nitrogens with zero attached hydrogens (tertiary/aromatic N) is 2. The molecule has 0 N–H and O–H groups in total. The maximum atomic E-state index is 12.4. The van der Waals surface area contributed by atoms with E-state index in [0.717, 1.165) is 23.6 Å². The number of imide groups is 1. The fourth-order valence-corrected chi connectivity index (χ4v) is 4.03. The van der Waals surface area contributed by atoms with Gasteiger partial charge in [0.1, 0.15) is 0 Å². The molecule has 2 fully saturated rings. The average Bonchev–Trinajstić information content (AvgIpc) is 2.93. The second kappa shape index (κ2) is 4.39. The number of carbonyl (C=O) groups is 2. The smallest absolute Gasteiger partial charge is 0.237 e. The van der Waals surface area contributed by atoms with Gasteiger partial charge in [0.25, 0.3) is 0 Å². The zero-order valence-corrected chi connectivity index (χ0v) is 10.8. The van der Waals surface area contributed by atoms with Crippen LogP contribution >= 0.6 is 11.8 Å². The van der Waals surface area contributed by atoms with Gasteiger partial charge in [0.15, 0.2) is 0 Å². The number of carbonyl (C=O) groups excluding carboxylic acids is 2. The number of aromatic nitrogens is 1. The minimum Gasteiger partial charge on any atom is -0.276 e. The molecule has 5 heteroatoms. The van der Waals surface area contributed by atoms with Gasteiger partial charge >= 0.3 is 0 Å². The van der Waals surface area contributed by atoms with Gasteiger partial charge in [-0.3, -0.25) is 19.5 Å². The van der Waals surface area contributed by atoms with Gasteiger partial charge in [-0.15, -0.1) is 0 Å². The van der Waals surface area contributed by atoms with Crippen LogP contribution in [0.3, 0.4) is 0 Å². The summed E-state index contributed by atoms with van der Waals surface area (Å²) in [6.45, 7) is 0.310. The molecule has 94 valence electrons. The Morgan fingerprint density at radius 1 is 1.39 bits per heavy atom. The van der Waals surface area contributed by atoms with Crippen molar-refractivity contribution in [2.75, 3.05) is 11.5 Å². The van der Waals surface area contributed by atoms with Crippen molar-refractivity contribution in [1.82, 2.24) is 9.88 Å². The molecule has 0 saturated carbocycles. The summed E-state index contributed by atoms with van der Waals surface area (Å²) in [6.07, 6.45) is 2.90. The van der Waals surface area contributed by atoms with E-state index < -0.39 is 5.41 Å². The molecule has 3 rings (SSSR count). The van der Waals surface area contributed by atoms with Crippen molar-refractivity contribution in [3.8, 4) is 0 Å². The van der Waals surface area contributed by atoms with Crippen molar-refractivity contribution in [1.29, 1.82) is 0 Å². The molecule has 0 radical (unpaired) electrons. The summed E-state index contributed by atoms with van der Waals surface area (Å²) in [5.41, 5.74) is 0.359. The average molecular weight is 262 g/mol. The number of rotatable bonds is 2. The van der Waals surface area contributed by atoms with Crippen molar-refractivity contribution >= 4 is 23.6 Å². The molecule has 1 aromatic rings. The molecule has 0 aliphatic carbocycles. The number of thioether (sulfide) groups is 1. The van der Waals surface area contributed by atoms with Gasteiger partial charge in [-0.2, -0.15) is 11.8 Å². The third-order valence-electron chi connectivity index (χ3n) is 3.64. The van der Waals surface area contributed by atoms with E-state index in [2.05, 4.69) is 4.98 Å². The molecule has 0 bridgehead atoms. The van der Waals surface area contributed by atoms with Crippen LogP contribution in [0, 0.1) is 5.41 Å². The Morgan fingerprint density at radius 3 is 2.94 bits per heavy atom. The van der Waals surface area contributed by atoms with Gasteiger partial charge in [0.05, 0.1) is 17.7 Å². The molecule has 0 unspecified atom stereocenters. The predicted octanol–water partition coefficient (Wildman–Crippen LogP) is 1.46. The monoisotopic (exact) mass is 262 g/mol. The van der Waals surface area contributed by atoms with Crippen molar-refractivity contribution < 1.29 is 9.59 Å². The zero-order chi connectivity index (χ0) is 12.6. The first-order chi connectivity index (χ1) is 8.71. The van der Waals surface area contributed by atoms with Crippen LogP contribution < -0.4 is 0 Å². The highest BCUT2D eigenvalue weighted by Crippen LogP contribution is 2.45. The Hall–Kier alpha value is -1.36. The summed E-state index contributed by atoms with van der Waals surface area (Å²) in [5.74, 6) is 1.73. The molecule has 3 heterocycles. The number of pyridine rings is 1. The Labute approximate surface area is 110 Å². The van der Waals surface area contributed by atoms with Crippen molar-refractivity contribution in [3.05, 3.63) is 30.1 Å². The highest BCUT2D eigenvalue weighted by Gasteiger charge is 2.52. The lowest BCUT2D eigenvalue weighted by molar-refractivity contribution is -0.141. The van der Waals surface area contributed by atoms with Gasteiger partial charge in [-0.05, 0) is 24.3 Å². The molecular weight excluding hydrogens is 248 g/mol. The lowest BCUT2D eigenvalue weighted by Crippen LogP contribution is -2.35. The standard InChI is InChI=1S/C13H14N2O2S/c16-11-7-13(4-6-18-9-13)12(17)15(11)8-10-3-1-2-5-14-10/h1-3,5H,4,6-9H2/t13-/m0/s1. The first kappa shape index (κ1) is 11.7. The van der Waals surface area contributed by atoms with Crippen molar-refractivity contribution in [2.45, 2.75) is 19.4 Å². The molecule has 2 aliphatic rings. The Bertz CT molecular complexity index is 483. The predicted molar refractivity (Wildman–Crippen MR) is 68.8 cm³/mol. The summed E-state index contributed by atoms with van der Waals surface area (Å²) in [6, 6.07) is 5.54. The number of amides is 2. The van der Waals surface area contributed by atoms with Crippen LogP contribution in [0.5, 0.6) is 0 Å². The maximum Gasteiger partial charge on any atom is 0.237 e. The van der Waals surface area contributed by atoms with E-state index in [1.807, 2.05) is 18.2 Å². The second-order valence-electron chi connectivity index (χ2n) is 4.87. The molecule has 4 nitrogen and oxygen atoms in total. The Kier molecular flexibility index (Phi) is 2.86. The highest BCUT2D eigenvalue weighted by molar-refractivity contribution is 7.99. The summed E-state index contributed by atoms with van der Waals surface area (Å²) in [4.78, 5) is 30.0. The van der Waals surface area contributed by atoms with E-state index >= 15 is 0 Å². The van der Waals surface area contributed by atoms with Gasteiger partial charge in [-0.25, -0.2) is 0 Å². The van der Waals surface area contributed by atoms with Gasteiger partial charge < -0.3 is 0 Å². The first-order valence-corrected chi connectivity index (χ1v) is 7.19. The zero-order valence-electron chi connectivity index (χ0n) is 9.96. The quantitative estimate of drug-likeness (QED) is 0.757. The summed E-state index contributed by atoms with van der Waals surface area (Å²) >= 11 is 1.77. The van der Waals surface area contributed by atoms with E-state index in [1.54, 1.807) is 18.0 Å². The number of hydrogen-bond acceptors (Lipinski definition) is 4. The largest absolute Gasteiger partial charge is 0.276 e. The maximum absolute atomic E-state index is 12.4. The van der Waals surface area contributed by atoms with Crippen molar-refractivity contribution in [3.63, 3.8) is 0 Å². The minimum atomic E-state index is -0.406. The minimum absolute atomic E-state index is 0.00292. The van der Waals surface area contributed by atoms with Gasteiger partial charge in [-0.1, -0.05) is 6.07 Å². The molecule has 2 amide bonds. The normalized spacial score (nSPS) is 27.4. The number of hydrogen-bond donors (Lipinski definition) is 0. The molecule has 2 saturated heterocycles. The second-order valence-corrected chi connectivity index (χ2v) is 5.97. The van der Waals surface area contributed by atoms with E-state index in [-0.39, 0.29) is 11.8 Å². The van der Waals surface area contributed by atoms with Crippen LogP contribution in [-0.2, 0) is 16.1 Å². The lowest BCUT2D eigenvalue weighted by Gasteiger charge is -2.19. The van der Waals surface area contributed by atoms with E-state index in [9.17, 15) is 9.59 Å². The summed E-state index contributed by atoms with van der Waals surface area (Å²) in [7, 11) is 0. The fourth-order valence-electron chi connectivity index (χ4n) is 2.59. The van der Waals surface area contributed by atoms with Crippen molar-refractivity contribution in [2.24, 2.45) is 5.41 Å². The SMILES string of the molecule is O=C1C[C@]2(CCSC2)C(=O)N1Cc1ccccn1. The van der Waals surface area contributed by atoms with E-state index in [0.29, 0.717) is 13.0 Å². The lowest BCUT2D eigenvalue weighted by atomic mass is 9.86. The number of likely N-dealkylation sites (tertiary alicyclic amines) is 1. The van der Waals surface area contributed by atoms with E-state index in [1.165, 1.54) is 4.90 Å². The van der Waals surface area contributed by atoms with Gasteiger partial charge in [0.2, 0.25) is 11.8 Å².